The number of ether oxygens (including phenoxy) is 6. The van der Waals surface area contributed by atoms with Gasteiger partial charge in [-0.05, 0) is 0 Å². The molecule has 0 aromatic carbocycles. The summed E-state index contributed by atoms with van der Waals surface area (Å²) in [7, 11) is 0. The molecule has 0 aliphatic carbocycles. The molecule has 1 aliphatic rings. The van der Waals surface area contributed by atoms with E-state index >= 15 is 0 Å². The monoisotopic (exact) mass is 560 g/mol. The van der Waals surface area contributed by atoms with Crippen molar-refractivity contribution < 1.29 is 52.4 Å². The highest BCUT2D eigenvalue weighted by Gasteiger charge is 2.54. The highest BCUT2D eigenvalue weighted by Crippen LogP contribution is 2.30. The van der Waals surface area contributed by atoms with Crippen molar-refractivity contribution in [2.45, 2.75) is 30.7 Å². The molecule has 1 unspecified atom stereocenters. The van der Waals surface area contributed by atoms with Crippen molar-refractivity contribution in [1.29, 1.82) is 0 Å². The lowest BCUT2D eigenvalue weighted by Gasteiger charge is -2.43. The molecular formula is C16H17Cl5O11. The molecule has 5 atom stereocenters. The average Bonchev–Trinajstić information content (AvgIpc) is 2.80. The van der Waals surface area contributed by atoms with E-state index in [0.717, 1.165) is 0 Å². The minimum absolute atomic E-state index is 0.510. The van der Waals surface area contributed by atoms with Crippen LogP contribution in [0, 0.1) is 0 Å². The summed E-state index contributed by atoms with van der Waals surface area (Å²) < 4.78 is 30.9. The van der Waals surface area contributed by atoms with E-state index < -0.39 is 96.6 Å². The fourth-order valence-corrected chi connectivity index (χ4v) is 2.76. The summed E-state index contributed by atoms with van der Waals surface area (Å²) in [6.45, 7) is -0.591. The van der Waals surface area contributed by atoms with Crippen LogP contribution >= 0.6 is 58.0 Å². The Morgan fingerprint density at radius 2 is 0.969 bits per heavy atom. The Labute approximate surface area is 206 Å². The van der Waals surface area contributed by atoms with E-state index in [2.05, 4.69) is 0 Å². The number of halogens is 5. The largest absolute Gasteiger partial charge is 0.462 e. The van der Waals surface area contributed by atoms with Crippen molar-refractivity contribution in [3.8, 4) is 0 Å². The van der Waals surface area contributed by atoms with Crippen molar-refractivity contribution in [3.05, 3.63) is 0 Å². The maximum absolute atomic E-state index is 11.9. The molecule has 1 fully saturated rings. The molecule has 1 aliphatic heterocycles. The predicted molar refractivity (Wildman–Crippen MR) is 109 cm³/mol. The summed E-state index contributed by atoms with van der Waals surface area (Å²) in [6, 6.07) is 0. The topological polar surface area (TPSA) is 141 Å². The lowest BCUT2D eigenvalue weighted by molar-refractivity contribution is -0.299. The third-order valence-electron chi connectivity index (χ3n) is 3.60. The lowest BCUT2D eigenvalue weighted by Crippen LogP contribution is -2.63. The first kappa shape index (κ1) is 28.8. The first-order valence-corrected chi connectivity index (χ1v) is 11.3. The minimum atomic E-state index is -1.73. The van der Waals surface area contributed by atoms with Crippen molar-refractivity contribution in [2.24, 2.45) is 0 Å². The summed E-state index contributed by atoms with van der Waals surface area (Å²) in [5.74, 6) is -7.89. The van der Waals surface area contributed by atoms with E-state index in [9.17, 15) is 24.0 Å². The van der Waals surface area contributed by atoms with E-state index in [4.69, 9.17) is 86.4 Å². The van der Waals surface area contributed by atoms with Gasteiger partial charge in [0, 0.05) is 0 Å². The standard InChI is InChI=1S/C16H17Cl5O11/c17-1-8(22)27-6-7-13(29-9(23)2-18)14(30-10(24)3-19)15(31-11(25)4-20)16(28-7)32-12(26)5-21/h7,13-16H,1-6H2/t7?,13-,14+,15-,16+/m1/s1. The van der Waals surface area contributed by atoms with Crippen molar-refractivity contribution in [3.63, 3.8) is 0 Å². The molecule has 0 radical (unpaired) electrons. The molecule has 0 N–H and O–H groups in total. The zero-order valence-corrected chi connectivity index (χ0v) is 19.8. The van der Waals surface area contributed by atoms with Gasteiger partial charge in [-0.3, -0.25) is 24.0 Å². The Kier molecular flexibility index (Phi) is 13.3. The molecule has 1 rings (SSSR count). The fraction of sp³-hybridized carbons (Fsp3) is 0.688. The fourth-order valence-electron chi connectivity index (χ4n) is 2.43. The van der Waals surface area contributed by atoms with Gasteiger partial charge in [0.1, 0.15) is 42.1 Å². The van der Waals surface area contributed by atoms with Gasteiger partial charge in [0.05, 0.1) is 0 Å². The van der Waals surface area contributed by atoms with Crippen LogP contribution in [-0.2, 0) is 52.4 Å². The highest BCUT2D eigenvalue weighted by molar-refractivity contribution is 6.27. The molecule has 16 heteroatoms. The van der Waals surface area contributed by atoms with Gasteiger partial charge < -0.3 is 28.4 Å². The highest BCUT2D eigenvalue weighted by atomic mass is 35.5. The van der Waals surface area contributed by atoms with Crippen LogP contribution in [0.25, 0.3) is 0 Å². The normalized spacial score (nSPS) is 24.7. The summed E-state index contributed by atoms with van der Waals surface area (Å²) in [5.41, 5.74) is 0. The number of alkyl halides is 5. The van der Waals surface area contributed by atoms with E-state index in [1.165, 1.54) is 0 Å². The summed E-state index contributed by atoms with van der Waals surface area (Å²) in [5, 5.41) is 0. The molecule has 0 aromatic rings. The molecule has 11 nitrogen and oxygen atoms in total. The zero-order chi connectivity index (χ0) is 24.3. The quantitative estimate of drug-likeness (QED) is 0.200. The zero-order valence-electron chi connectivity index (χ0n) is 16.0. The molecule has 32 heavy (non-hydrogen) atoms. The predicted octanol–water partition coefficient (Wildman–Crippen LogP) is 0.727. The number of carbonyl (C=O) groups is 5. The maximum Gasteiger partial charge on any atom is 0.323 e. The molecule has 0 aromatic heterocycles. The van der Waals surface area contributed by atoms with E-state index in [1.807, 2.05) is 0 Å². The second-order valence-electron chi connectivity index (χ2n) is 5.75. The third-order valence-corrected chi connectivity index (χ3v) is 4.69. The van der Waals surface area contributed by atoms with Gasteiger partial charge in [-0.15, -0.1) is 58.0 Å². The van der Waals surface area contributed by atoms with Gasteiger partial charge in [-0.25, -0.2) is 0 Å². The maximum atomic E-state index is 11.9. The van der Waals surface area contributed by atoms with Crippen LogP contribution in [0.5, 0.6) is 0 Å². The average molecular weight is 563 g/mol. The van der Waals surface area contributed by atoms with E-state index in [-0.39, 0.29) is 0 Å². The van der Waals surface area contributed by atoms with Gasteiger partial charge in [0.15, 0.2) is 12.2 Å². The molecule has 1 heterocycles. The Bertz CT molecular complexity index is 691. The number of rotatable bonds is 11. The van der Waals surface area contributed by atoms with Crippen molar-refractivity contribution in [2.75, 3.05) is 36.0 Å². The summed E-state index contributed by atoms with van der Waals surface area (Å²) in [6.07, 6.45) is -7.97. The van der Waals surface area contributed by atoms with Gasteiger partial charge >= 0.3 is 29.8 Å². The Morgan fingerprint density at radius 3 is 1.44 bits per heavy atom. The number of esters is 5. The first-order valence-electron chi connectivity index (χ1n) is 8.59. The minimum Gasteiger partial charge on any atom is -0.462 e. The number of hydrogen-bond acceptors (Lipinski definition) is 11. The molecule has 1 saturated heterocycles. The number of carbonyl (C=O) groups excluding carboxylic acids is 5. The van der Waals surface area contributed by atoms with Crippen LogP contribution in [0.4, 0.5) is 0 Å². The van der Waals surface area contributed by atoms with Crippen molar-refractivity contribution in [1.82, 2.24) is 0 Å². The van der Waals surface area contributed by atoms with Crippen LogP contribution in [0.2, 0.25) is 0 Å². The van der Waals surface area contributed by atoms with Gasteiger partial charge in [-0.2, -0.15) is 0 Å². The summed E-state index contributed by atoms with van der Waals surface area (Å²) >= 11 is 27.2. The van der Waals surface area contributed by atoms with E-state index in [0.29, 0.717) is 0 Å². The van der Waals surface area contributed by atoms with Crippen LogP contribution in [0.3, 0.4) is 0 Å². The van der Waals surface area contributed by atoms with Crippen LogP contribution in [-0.4, -0.2) is 96.6 Å². The molecular weight excluding hydrogens is 545 g/mol. The van der Waals surface area contributed by atoms with Gasteiger partial charge in [0.25, 0.3) is 0 Å². The molecule has 0 saturated carbocycles. The SMILES string of the molecule is O=C(CCl)OCC1O[C@@H](OC(=O)CCl)[C@H](OC(=O)CCl)[C@@H](OC(=O)CCl)[C@@H]1OC(=O)CCl. The first-order chi connectivity index (χ1) is 15.2. The second kappa shape index (κ2) is 14.8. The Morgan fingerprint density at radius 1 is 0.562 bits per heavy atom. The van der Waals surface area contributed by atoms with Crippen LogP contribution in [0.15, 0.2) is 0 Å². The van der Waals surface area contributed by atoms with Gasteiger partial charge in [-0.1, -0.05) is 0 Å². The second-order valence-corrected chi connectivity index (χ2v) is 7.08. The molecule has 182 valence electrons. The lowest BCUT2D eigenvalue weighted by atomic mass is 9.98. The molecule has 0 bridgehead atoms. The third kappa shape index (κ3) is 8.95. The smallest absolute Gasteiger partial charge is 0.323 e. The Balaban J connectivity index is 3.40. The van der Waals surface area contributed by atoms with Crippen LogP contribution < -0.4 is 0 Å². The van der Waals surface area contributed by atoms with Gasteiger partial charge in [0.2, 0.25) is 12.4 Å². The molecule has 0 spiro atoms. The van der Waals surface area contributed by atoms with Crippen LogP contribution in [0.1, 0.15) is 0 Å². The van der Waals surface area contributed by atoms with Crippen molar-refractivity contribution >= 4 is 87.9 Å². The summed E-state index contributed by atoms with van der Waals surface area (Å²) in [4.78, 5) is 58.9. The Hall–Kier alpha value is -1.24. The van der Waals surface area contributed by atoms with E-state index in [1.54, 1.807) is 0 Å². The number of hydrogen-bond donors (Lipinski definition) is 0. The molecule has 0 amide bonds.